The monoisotopic (exact) mass is 647 g/mol. The zero-order valence-corrected chi connectivity index (χ0v) is 27.1. The molecular weight excluding hydrogens is 609 g/mol. The van der Waals surface area contributed by atoms with Gasteiger partial charge in [-0.15, -0.1) is 0 Å². The standard InChI is InChI=1S/C32H39Cl2N3O5S/c1-4-5-19-35-32(39)30(21-24-10-7-6-8-11-24)36(23-25-13-14-26(33)22-29(25)34)31(38)12-9-20-37(43(3,40)41)27-15-17-28(42-2)18-16-27/h6-8,10-11,13-18,22,30H,4-5,9,12,19-21,23H2,1-3H3,(H,35,39)/t30-/m0/s1. The summed E-state index contributed by atoms with van der Waals surface area (Å²) in [6, 6.07) is 20.4. The number of amides is 2. The molecule has 0 aromatic heterocycles. The van der Waals surface area contributed by atoms with Crippen LogP contribution in [0.15, 0.2) is 72.8 Å². The van der Waals surface area contributed by atoms with Crippen LogP contribution in [0.1, 0.15) is 43.7 Å². The van der Waals surface area contributed by atoms with Gasteiger partial charge in [0.05, 0.1) is 19.1 Å². The van der Waals surface area contributed by atoms with E-state index in [0.717, 1.165) is 24.7 Å². The Hall–Kier alpha value is -3.27. The quantitative estimate of drug-likeness (QED) is 0.189. The molecule has 0 aliphatic heterocycles. The molecule has 8 nitrogen and oxygen atoms in total. The number of carbonyl (C=O) groups excluding carboxylic acids is 2. The van der Waals surface area contributed by atoms with Crippen LogP contribution in [0.5, 0.6) is 5.75 Å². The Labute approximate surface area is 265 Å². The number of halogens is 2. The first-order valence-corrected chi connectivity index (χ1v) is 16.8. The van der Waals surface area contributed by atoms with Gasteiger partial charge in [-0.25, -0.2) is 8.42 Å². The maximum absolute atomic E-state index is 13.9. The lowest BCUT2D eigenvalue weighted by atomic mass is 10.0. The zero-order chi connectivity index (χ0) is 31.4. The van der Waals surface area contributed by atoms with Gasteiger partial charge < -0.3 is 15.0 Å². The van der Waals surface area contributed by atoms with Crippen molar-refractivity contribution >= 4 is 50.7 Å². The lowest BCUT2D eigenvalue weighted by Crippen LogP contribution is -2.50. The number of nitrogens with zero attached hydrogens (tertiary/aromatic N) is 2. The average Bonchev–Trinajstić information content (AvgIpc) is 2.98. The maximum Gasteiger partial charge on any atom is 0.243 e. The Morgan fingerprint density at radius 1 is 0.977 bits per heavy atom. The molecule has 0 saturated heterocycles. The smallest absolute Gasteiger partial charge is 0.243 e. The van der Waals surface area contributed by atoms with Gasteiger partial charge in [0.25, 0.3) is 0 Å². The fourth-order valence-corrected chi connectivity index (χ4v) is 6.08. The molecule has 0 aliphatic rings. The van der Waals surface area contributed by atoms with Gasteiger partial charge in [-0.05, 0) is 60.4 Å². The first-order chi connectivity index (χ1) is 20.5. The van der Waals surface area contributed by atoms with E-state index in [1.54, 1.807) is 47.4 Å². The Bertz CT molecular complexity index is 1450. The summed E-state index contributed by atoms with van der Waals surface area (Å²) >= 11 is 12.6. The summed E-state index contributed by atoms with van der Waals surface area (Å²) in [5.74, 6) is 0.0538. The predicted octanol–water partition coefficient (Wildman–Crippen LogP) is 6.10. The number of anilines is 1. The van der Waals surface area contributed by atoms with Crippen LogP contribution in [0.4, 0.5) is 5.69 Å². The average molecular weight is 649 g/mol. The van der Waals surface area contributed by atoms with E-state index in [9.17, 15) is 18.0 Å². The molecule has 0 spiro atoms. The molecule has 3 rings (SSSR count). The number of ether oxygens (including phenoxy) is 1. The van der Waals surface area contributed by atoms with Crippen molar-refractivity contribution in [1.29, 1.82) is 0 Å². The van der Waals surface area contributed by atoms with Crippen molar-refractivity contribution in [2.75, 3.05) is 30.8 Å². The summed E-state index contributed by atoms with van der Waals surface area (Å²) in [4.78, 5) is 29.1. The third kappa shape index (κ3) is 10.4. The van der Waals surface area contributed by atoms with Crippen LogP contribution in [0.3, 0.4) is 0 Å². The van der Waals surface area contributed by atoms with E-state index < -0.39 is 16.1 Å². The van der Waals surface area contributed by atoms with Crippen LogP contribution >= 0.6 is 23.2 Å². The molecule has 0 unspecified atom stereocenters. The van der Waals surface area contributed by atoms with Gasteiger partial charge in [0.2, 0.25) is 21.8 Å². The number of nitrogens with one attached hydrogen (secondary N) is 1. The van der Waals surface area contributed by atoms with Crippen molar-refractivity contribution in [2.24, 2.45) is 0 Å². The van der Waals surface area contributed by atoms with Gasteiger partial charge in [-0.1, -0.05) is 72.9 Å². The largest absolute Gasteiger partial charge is 0.497 e. The van der Waals surface area contributed by atoms with E-state index in [1.165, 1.54) is 11.4 Å². The van der Waals surface area contributed by atoms with Crippen molar-refractivity contribution in [3.8, 4) is 5.75 Å². The molecule has 0 aliphatic carbocycles. The number of methoxy groups -OCH3 is 1. The van der Waals surface area contributed by atoms with Crippen LogP contribution in [-0.4, -0.2) is 57.6 Å². The van der Waals surface area contributed by atoms with Gasteiger partial charge in [-0.3, -0.25) is 13.9 Å². The number of carbonyl (C=O) groups is 2. The van der Waals surface area contributed by atoms with Gasteiger partial charge >= 0.3 is 0 Å². The van der Waals surface area contributed by atoms with E-state index in [-0.39, 0.29) is 37.7 Å². The number of benzene rings is 3. The normalized spacial score (nSPS) is 11.9. The summed E-state index contributed by atoms with van der Waals surface area (Å²) in [6.07, 6.45) is 3.41. The molecule has 0 heterocycles. The number of unbranched alkanes of at least 4 members (excludes halogenated alkanes) is 1. The number of hydrogen-bond acceptors (Lipinski definition) is 5. The minimum atomic E-state index is -3.62. The Morgan fingerprint density at radius 3 is 2.28 bits per heavy atom. The fraction of sp³-hybridized carbons (Fsp3) is 0.375. The lowest BCUT2D eigenvalue weighted by Gasteiger charge is -2.32. The van der Waals surface area contributed by atoms with E-state index in [1.807, 2.05) is 37.3 Å². The second-order valence-electron chi connectivity index (χ2n) is 10.2. The Morgan fingerprint density at radius 2 is 1.67 bits per heavy atom. The van der Waals surface area contributed by atoms with Crippen molar-refractivity contribution in [3.05, 3.63) is 94.0 Å². The minimum absolute atomic E-state index is 0.0148. The number of rotatable bonds is 16. The van der Waals surface area contributed by atoms with Crippen molar-refractivity contribution < 1.29 is 22.7 Å². The molecule has 0 radical (unpaired) electrons. The highest BCUT2D eigenvalue weighted by molar-refractivity contribution is 7.92. The SMILES string of the molecule is CCCCNC(=O)[C@H](Cc1ccccc1)N(Cc1ccc(Cl)cc1Cl)C(=O)CCCN(c1ccc(OC)cc1)S(C)(=O)=O. The summed E-state index contributed by atoms with van der Waals surface area (Å²) < 4.78 is 31.7. The minimum Gasteiger partial charge on any atom is -0.497 e. The molecule has 0 saturated carbocycles. The third-order valence-corrected chi connectivity index (χ3v) is 8.75. The first-order valence-electron chi connectivity index (χ1n) is 14.2. The van der Waals surface area contributed by atoms with E-state index in [2.05, 4.69) is 5.32 Å². The lowest BCUT2D eigenvalue weighted by molar-refractivity contribution is -0.141. The van der Waals surface area contributed by atoms with E-state index in [0.29, 0.717) is 40.0 Å². The molecule has 1 atom stereocenters. The zero-order valence-electron chi connectivity index (χ0n) is 24.8. The topological polar surface area (TPSA) is 96.0 Å². The van der Waals surface area contributed by atoms with Gasteiger partial charge in [0.15, 0.2) is 0 Å². The first kappa shape index (κ1) is 34.2. The molecule has 3 aromatic rings. The van der Waals surface area contributed by atoms with Crippen LogP contribution in [0, 0.1) is 0 Å². The summed E-state index contributed by atoms with van der Waals surface area (Å²) in [5, 5.41) is 3.84. The number of sulfonamides is 1. The highest BCUT2D eigenvalue weighted by Gasteiger charge is 2.31. The molecule has 43 heavy (non-hydrogen) atoms. The van der Waals surface area contributed by atoms with Gasteiger partial charge in [0.1, 0.15) is 11.8 Å². The maximum atomic E-state index is 13.9. The van der Waals surface area contributed by atoms with Crippen LogP contribution < -0.4 is 14.4 Å². The third-order valence-electron chi connectivity index (χ3n) is 6.97. The molecule has 0 fully saturated rings. The fourth-order valence-electron chi connectivity index (χ4n) is 4.65. The summed E-state index contributed by atoms with van der Waals surface area (Å²) in [6.45, 7) is 2.70. The Balaban J connectivity index is 1.89. The Kier molecular flexibility index (Phi) is 13.2. The molecule has 0 bridgehead atoms. The predicted molar refractivity (Wildman–Crippen MR) is 173 cm³/mol. The van der Waals surface area contributed by atoms with Crippen molar-refractivity contribution in [3.63, 3.8) is 0 Å². The van der Waals surface area contributed by atoms with Crippen LogP contribution in [0.2, 0.25) is 10.0 Å². The molecule has 3 aromatic carbocycles. The molecule has 2 amide bonds. The summed E-state index contributed by atoms with van der Waals surface area (Å²) in [7, 11) is -2.09. The summed E-state index contributed by atoms with van der Waals surface area (Å²) in [5.41, 5.74) is 2.02. The van der Waals surface area contributed by atoms with Gasteiger partial charge in [0, 0.05) is 42.5 Å². The molecule has 232 valence electrons. The number of hydrogen-bond donors (Lipinski definition) is 1. The molecule has 11 heteroatoms. The van der Waals surface area contributed by atoms with Crippen molar-refractivity contribution in [2.45, 2.75) is 51.6 Å². The second-order valence-corrected chi connectivity index (χ2v) is 13.0. The molecular formula is C32H39Cl2N3O5S. The van der Waals surface area contributed by atoms with Gasteiger partial charge in [-0.2, -0.15) is 0 Å². The van der Waals surface area contributed by atoms with Crippen molar-refractivity contribution in [1.82, 2.24) is 10.2 Å². The van der Waals surface area contributed by atoms with E-state index >= 15 is 0 Å². The van der Waals surface area contributed by atoms with Crippen LogP contribution in [0.25, 0.3) is 0 Å². The highest BCUT2D eigenvalue weighted by atomic mass is 35.5. The molecule has 1 N–H and O–H groups in total. The second kappa shape index (κ2) is 16.5. The van der Waals surface area contributed by atoms with E-state index in [4.69, 9.17) is 27.9 Å². The highest BCUT2D eigenvalue weighted by Crippen LogP contribution is 2.26. The van der Waals surface area contributed by atoms with Crippen LogP contribution in [-0.2, 0) is 32.6 Å².